The lowest BCUT2D eigenvalue weighted by Gasteiger charge is -2.31. The Hall–Kier alpha value is -2.41. The zero-order valence-corrected chi connectivity index (χ0v) is 14.4. The number of benzene rings is 1. The van der Waals surface area contributed by atoms with Crippen LogP contribution in [0.5, 0.6) is 0 Å². The van der Waals surface area contributed by atoms with Gasteiger partial charge in [0.1, 0.15) is 0 Å². The van der Waals surface area contributed by atoms with Gasteiger partial charge in [-0.05, 0) is 50.4 Å². The zero-order valence-electron chi connectivity index (χ0n) is 14.4. The van der Waals surface area contributed by atoms with Gasteiger partial charge in [-0.2, -0.15) is 0 Å². The van der Waals surface area contributed by atoms with E-state index in [9.17, 15) is 14.4 Å². The van der Waals surface area contributed by atoms with Crippen molar-refractivity contribution < 1.29 is 4.79 Å². The highest BCUT2D eigenvalue weighted by Crippen LogP contribution is 2.24. The van der Waals surface area contributed by atoms with Gasteiger partial charge in [-0.1, -0.05) is 12.8 Å². The van der Waals surface area contributed by atoms with E-state index in [1.165, 1.54) is 4.57 Å². The van der Waals surface area contributed by atoms with Crippen LogP contribution in [0.15, 0.2) is 27.8 Å². The molecular weight excluding hydrogens is 320 g/mol. The van der Waals surface area contributed by atoms with Crippen LogP contribution in [-0.4, -0.2) is 28.0 Å². The topological polar surface area (TPSA) is 110 Å². The Morgan fingerprint density at radius 1 is 1.32 bits per heavy atom. The summed E-state index contributed by atoms with van der Waals surface area (Å²) in [6.07, 6.45) is 4.22. The number of nitrogens with one attached hydrogen (secondary N) is 2. The fraction of sp³-hybridized carbons (Fsp3) is 0.500. The molecule has 0 bridgehead atoms. The van der Waals surface area contributed by atoms with Gasteiger partial charge in [0.15, 0.2) is 0 Å². The van der Waals surface area contributed by atoms with E-state index in [2.05, 4.69) is 10.3 Å². The number of amides is 1. The zero-order chi connectivity index (χ0) is 18.0. The van der Waals surface area contributed by atoms with Crippen molar-refractivity contribution in [2.75, 3.05) is 6.54 Å². The summed E-state index contributed by atoms with van der Waals surface area (Å²) < 4.78 is 1.40. The lowest BCUT2D eigenvalue weighted by Crippen LogP contribution is -2.44. The Balaban J connectivity index is 1.91. The van der Waals surface area contributed by atoms with Crippen molar-refractivity contribution in [1.29, 1.82) is 0 Å². The number of nitrogens with zero attached hydrogens (tertiary/aromatic N) is 1. The fourth-order valence-electron chi connectivity index (χ4n) is 3.67. The Morgan fingerprint density at radius 2 is 2.08 bits per heavy atom. The highest BCUT2D eigenvalue weighted by molar-refractivity contribution is 5.97. The Bertz CT molecular complexity index is 899. The largest absolute Gasteiger partial charge is 0.349 e. The molecule has 134 valence electrons. The number of hydrogen-bond acceptors (Lipinski definition) is 4. The maximum atomic E-state index is 12.6. The van der Waals surface area contributed by atoms with E-state index in [1.807, 2.05) is 0 Å². The first-order valence-electron chi connectivity index (χ1n) is 8.83. The maximum Gasteiger partial charge on any atom is 0.316 e. The summed E-state index contributed by atoms with van der Waals surface area (Å²) >= 11 is 0. The molecule has 7 heteroatoms. The van der Waals surface area contributed by atoms with Gasteiger partial charge in [-0.25, -0.2) is 0 Å². The molecule has 2 aromatic rings. The highest BCUT2D eigenvalue weighted by Gasteiger charge is 2.25. The minimum Gasteiger partial charge on any atom is -0.349 e. The van der Waals surface area contributed by atoms with E-state index in [4.69, 9.17) is 5.73 Å². The summed E-state index contributed by atoms with van der Waals surface area (Å²) in [6, 6.07) is 5.09. The third kappa shape index (κ3) is 3.37. The average molecular weight is 344 g/mol. The molecule has 0 radical (unpaired) electrons. The van der Waals surface area contributed by atoms with Crippen LogP contribution in [0.2, 0.25) is 0 Å². The van der Waals surface area contributed by atoms with Gasteiger partial charge in [0, 0.05) is 18.2 Å². The molecule has 0 aliphatic heterocycles. The van der Waals surface area contributed by atoms with Crippen LogP contribution in [0.1, 0.15) is 43.0 Å². The molecule has 1 aromatic carbocycles. The van der Waals surface area contributed by atoms with Gasteiger partial charge in [0.05, 0.1) is 11.0 Å². The molecule has 1 aliphatic carbocycles. The molecule has 7 nitrogen and oxygen atoms in total. The van der Waals surface area contributed by atoms with Crippen molar-refractivity contribution in [2.45, 2.75) is 45.2 Å². The second-order valence-electron chi connectivity index (χ2n) is 6.60. The third-order valence-electron chi connectivity index (χ3n) is 5.08. The predicted molar refractivity (Wildman–Crippen MR) is 96.8 cm³/mol. The van der Waals surface area contributed by atoms with Crippen LogP contribution in [0.4, 0.5) is 0 Å². The molecule has 1 aliphatic rings. The molecule has 2 atom stereocenters. The van der Waals surface area contributed by atoms with Gasteiger partial charge >= 0.3 is 11.1 Å². The number of rotatable bonds is 4. The number of nitrogens with two attached hydrogens (primary N) is 1. The molecule has 25 heavy (non-hydrogen) atoms. The van der Waals surface area contributed by atoms with E-state index in [0.29, 0.717) is 35.6 Å². The van der Waals surface area contributed by atoms with Crippen LogP contribution in [0.3, 0.4) is 0 Å². The van der Waals surface area contributed by atoms with E-state index in [-0.39, 0.29) is 11.9 Å². The molecule has 3 rings (SSSR count). The van der Waals surface area contributed by atoms with Gasteiger partial charge in [-0.3, -0.25) is 14.4 Å². The average Bonchev–Trinajstić information content (AvgIpc) is 2.63. The van der Waals surface area contributed by atoms with Crippen LogP contribution in [0.25, 0.3) is 11.0 Å². The van der Waals surface area contributed by atoms with E-state index < -0.39 is 11.1 Å². The summed E-state index contributed by atoms with van der Waals surface area (Å²) in [5.74, 6) is 0.130. The smallest absolute Gasteiger partial charge is 0.316 e. The summed E-state index contributed by atoms with van der Waals surface area (Å²) in [4.78, 5) is 38.9. The molecular formula is C18H24N4O3. The first-order valence-corrected chi connectivity index (χ1v) is 8.83. The number of aromatic amines is 1. The second kappa shape index (κ2) is 7.23. The van der Waals surface area contributed by atoms with Crippen LogP contribution in [-0.2, 0) is 6.54 Å². The Labute approximate surface area is 145 Å². The molecule has 1 aromatic heterocycles. The molecule has 1 saturated carbocycles. The van der Waals surface area contributed by atoms with Crippen LogP contribution in [0, 0.1) is 5.92 Å². The van der Waals surface area contributed by atoms with Gasteiger partial charge in [0.2, 0.25) is 0 Å². The molecule has 1 fully saturated rings. The van der Waals surface area contributed by atoms with Crippen molar-refractivity contribution >= 4 is 16.9 Å². The number of carbonyl (C=O) groups is 1. The molecule has 0 saturated heterocycles. The van der Waals surface area contributed by atoms with Crippen molar-refractivity contribution in [3.05, 3.63) is 44.5 Å². The Morgan fingerprint density at radius 3 is 2.80 bits per heavy atom. The summed E-state index contributed by atoms with van der Waals surface area (Å²) in [7, 11) is 0. The molecule has 1 heterocycles. The number of hydrogen-bond donors (Lipinski definition) is 3. The minimum atomic E-state index is -0.678. The van der Waals surface area contributed by atoms with E-state index in [1.54, 1.807) is 25.1 Å². The minimum absolute atomic E-state index is 0.0885. The second-order valence-corrected chi connectivity index (χ2v) is 6.60. The molecule has 1 amide bonds. The monoisotopic (exact) mass is 344 g/mol. The third-order valence-corrected chi connectivity index (χ3v) is 5.08. The van der Waals surface area contributed by atoms with E-state index in [0.717, 1.165) is 25.7 Å². The van der Waals surface area contributed by atoms with Crippen LogP contribution >= 0.6 is 0 Å². The number of carbonyl (C=O) groups excluding carboxylic acids is 1. The van der Waals surface area contributed by atoms with Crippen molar-refractivity contribution in [2.24, 2.45) is 11.7 Å². The summed E-state index contributed by atoms with van der Waals surface area (Å²) in [5, 5.41) is 3.08. The quantitative estimate of drug-likeness (QED) is 0.717. The number of H-pyrrole nitrogens is 1. The van der Waals surface area contributed by atoms with E-state index >= 15 is 0 Å². The van der Waals surface area contributed by atoms with Crippen LogP contribution < -0.4 is 22.2 Å². The first-order chi connectivity index (χ1) is 12.0. The van der Waals surface area contributed by atoms with Gasteiger partial charge in [-0.15, -0.1) is 0 Å². The summed E-state index contributed by atoms with van der Waals surface area (Å²) in [5.41, 5.74) is 6.12. The van der Waals surface area contributed by atoms with Gasteiger partial charge in [0.25, 0.3) is 5.91 Å². The number of aromatic nitrogens is 2. The lowest BCUT2D eigenvalue weighted by molar-refractivity contribution is 0.0908. The van der Waals surface area contributed by atoms with Gasteiger partial charge < -0.3 is 20.6 Å². The summed E-state index contributed by atoms with van der Waals surface area (Å²) in [6.45, 7) is 2.76. The standard InChI is InChI=1S/C18H24N4O3/c1-2-22-15-8-7-11(9-14(15)21-17(24)18(22)25)16(23)20-13-6-4-3-5-12(13)10-19/h7-9,12-13H,2-6,10,19H2,1H3,(H,20,23)(H,21,24). The SMILES string of the molecule is CCn1c(=O)c(=O)[nH]c2cc(C(=O)NC3CCCCC3CN)ccc21. The molecule has 0 spiro atoms. The first kappa shape index (κ1) is 17.4. The fourth-order valence-corrected chi connectivity index (χ4v) is 3.67. The Kier molecular flexibility index (Phi) is 5.03. The van der Waals surface area contributed by atoms with Crippen molar-refractivity contribution in [3.8, 4) is 0 Å². The van der Waals surface area contributed by atoms with Crippen molar-refractivity contribution in [3.63, 3.8) is 0 Å². The van der Waals surface area contributed by atoms with Crippen molar-refractivity contribution in [1.82, 2.24) is 14.9 Å². The highest BCUT2D eigenvalue weighted by atomic mass is 16.2. The number of aryl methyl sites for hydroxylation is 1. The maximum absolute atomic E-state index is 12.6. The lowest BCUT2D eigenvalue weighted by atomic mass is 9.84. The number of fused-ring (bicyclic) bond motifs is 1. The molecule has 4 N–H and O–H groups in total. The predicted octanol–water partition coefficient (Wildman–Crippen LogP) is 0.957. The molecule has 2 unspecified atom stereocenters. The normalized spacial score (nSPS) is 20.6.